The number of aromatic hydroxyl groups is 1. The first-order valence-electron chi connectivity index (χ1n) is 10.5. The highest BCUT2D eigenvalue weighted by atomic mass is 16.3. The Morgan fingerprint density at radius 2 is 1.63 bits per heavy atom. The molecule has 0 spiro atoms. The maximum absolute atomic E-state index is 9.90. The predicted molar refractivity (Wildman–Crippen MR) is 122 cm³/mol. The van der Waals surface area contributed by atoms with E-state index in [4.69, 9.17) is 5.10 Å². The smallest absolute Gasteiger partial charge is 0.135 e. The Labute approximate surface area is 177 Å². The fraction of sp³-hybridized carbons (Fsp3) is 0.192. The monoisotopic (exact) mass is 395 g/mol. The lowest BCUT2D eigenvalue weighted by Crippen LogP contribution is -2.32. The van der Waals surface area contributed by atoms with Crippen LogP contribution in [0.1, 0.15) is 17.7 Å². The van der Waals surface area contributed by atoms with Gasteiger partial charge in [0.1, 0.15) is 11.6 Å². The number of phenolic OH excluding ortho intramolecular Hbond substituents is 1. The molecule has 2 heterocycles. The van der Waals surface area contributed by atoms with Crippen LogP contribution < -0.4 is 4.90 Å². The molecule has 3 aromatic carbocycles. The van der Waals surface area contributed by atoms with E-state index in [1.165, 1.54) is 28.1 Å². The van der Waals surface area contributed by atoms with Crippen LogP contribution in [0.2, 0.25) is 0 Å². The molecule has 4 nitrogen and oxygen atoms in total. The van der Waals surface area contributed by atoms with Gasteiger partial charge in [0.25, 0.3) is 0 Å². The lowest BCUT2D eigenvalue weighted by atomic mass is 9.94. The average Bonchev–Trinajstić information content (AvgIpc) is 3.11. The highest BCUT2D eigenvalue weighted by molar-refractivity contribution is 5.90. The lowest BCUT2D eigenvalue weighted by Gasteiger charge is -2.31. The summed E-state index contributed by atoms with van der Waals surface area (Å²) in [6.45, 7) is 4.76. The van der Waals surface area contributed by atoms with Crippen molar-refractivity contribution in [3.05, 3.63) is 90.1 Å². The summed E-state index contributed by atoms with van der Waals surface area (Å²) in [4.78, 5) is 2.40. The number of hydrogen-bond acceptors (Lipinski definition) is 3. The highest BCUT2D eigenvalue weighted by Crippen LogP contribution is 2.41. The summed E-state index contributed by atoms with van der Waals surface area (Å²) in [5, 5.41) is 14.8. The van der Waals surface area contributed by atoms with Crippen molar-refractivity contribution in [1.29, 1.82) is 0 Å². The molecule has 0 atom stereocenters. The molecule has 0 bridgehead atoms. The molecule has 0 radical (unpaired) electrons. The summed E-state index contributed by atoms with van der Waals surface area (Å²) in [5.41, 5.74) is 7.00. The number of rotatable bonds is 4. The molecular formula is C26H25N3O. The number of nitrogens with zero attached hydrogens (tertiary/aromatic N) is 3. The predicted octanol–water partition coefficient (Wildman–Crippen LogP) is 5.64. The van der Waals surface area contributed by atoms with Gasteiger partial charge >= 0.3 is 0 Å². The van der Waals surface area contributed by atoms with E-state index < -0.39 is 0 Å². The van der Waals surface area contributed by atoms with Crippen LogP contribution in [0.4, 0.5) is 5.82 Å². The molecule has 0 saturated carbocycles. The van der Waals surface area contributed by atoms with Gasteiger partial charge in [0.2, 0.25) is 0 Å². The van der Waals surface area contributed by atoms with E-state index in [1.807, 2.05) is 12.1 Å². The second kappa shape index (κ2) is 7.71. The zero-order valence-corrected chi connectivity index (χ0v) is 17.1. The van der Waals surface area contributed by atoms with Crippen LogP contribution in [0, 0.1) is 6.92 Å². The molecule has 0 fully saturated rings. The normalized spacial score (nSPS) is 13.3. The van der Waals surface area contributed by atoms with Crippen LogP contribution in [0.3, 0.4) is 0 Å². The average molecular weight is 396 g/mol. The minimum atomic E-state index is 0.309. The van der Waals surface area contributed by atoms with Gasteiger partial charge in [-0.1, -0.05) is 66.7 Å². The number of aryl methyl sites for hydroxylation is 2. The van der Waals surface area contributed by atoms with Crippen LogP contribution in [-0.4, -0.2) is 21.4 Å². The quantitative estimate of drug-likeness (QED) is 0.486. The van der Waals surface area contributed by atoms with Crippen molar-refractivity contribution in [2.24, 2.45) is 0 Å². The molecule has 0 unspecified atom stereocenters. The molecule has 1 aromatic heterocycles. The zero-order chi connectivity index (χ0) is 20.5. The fourth-order valence-electron chi connectivity index (χ4n) is 4.48. The van der Waals surface area contributed by atoms with Crippen molar-refractivity contribution < 1.29 is 5.11 Å². The first-order chi connectivity index (χ1) is 14.7. The van der Waals surface area contributed by atoms with E-state index in [2.05, 4.69) is 77.2 Å². The molecule has 0 aliphatic carbocycles. The molecular weight excluding hydrogens is 370 g/mol. The highest BCUT2D eigenvalue weighted by Gasteiger charge is 2.26. The maximum Gasteiger partial charge on any atom is 0.135 e. The van der Waals surface area contributed by atoms with Crippen molar-refractivity contribution in [3.63, 3.8) is 0 Å². The summed E-state index contributed by atoms with van der Waals surface area (Å²) < 4.78 is 2.15. The Bertz CT molecular complexity index is 1180. The van der Waals surface area contributed by atoms with Gasteiger partial charge in [0.15, 0.2) is 0 Å². The third kappa shape index (κ3) is 3.35. The number of phenols is 1. The molecule has 0 amide bonds. The number of hydrogen-bond donors (Lipinski definition) is 1. The van der Waals surface area contributed by atoms with E-state index in [0.29, 0.717) is 5.75 Å². The molecule has 1 aliphatic rings. The van der Waals surface area contributed by atoms with Crippen molar-refractivity contribution in [1.82, 2.24) is 9.78 Å². The Balaban J connectivity index is 1.63. The summed E-state index contributed by atoms with van der Waals surface area (Å²) in [6, 6.07) is 26.7. The van der Waals surface area contributed by atoms with Crippen LogP contribution >= 0.6 is 0 Å². The fourth-order valence-corrected chi connectivity index (χ4v) is 4.48. The molecule has 5 rings (SSSR count). The van der Waals surface area contributed by atoms with Crippen molar-refractivity contribution in [2.45, 2.75) is 26.4 Å². The molecule has 150 valence electrons. The Kier molecular flexibility index (Phi) is 4.75. The van der Waals surface area contributed by atoms with Gasteiger partial charge in [-0.05, 0) is 47.7 Å². The van der Waals surface area contributed by atoms with Crippen molar-refractivity contribution in [2.75, 3.05) is 11.4 Å². The standard InChI is InChI=1S/C26H25N3O/c1-19-25(24-14-6-5-13-23(24)21-10-3-2-4-11-21)26-28(15-8-16-29(26)27-19)18-20-9-7-12-22(30)17-20/h2-7,9-14,17,30H,8,15-16,18H2,1H3. The van der Waals surface area contributed by atoms with E-state index >= 15 is 0 Å². The van der Waals surface area contributed by atoms with Gasteiger partial charge < -0.3 is 10.0 Å². The second-order valence-corrected chi connectivity index (χ2v) is 7.86. The zero-order valence-electron chi connectivity index (χ0n) is 17.1. The summed E-state index contributed by atoms with van der Waals surface area (Å²) >= 11 is 0. The molecule has 4 aromatic rings. The Hall–Kier alpha value is -3.53. The first kappa shape index (κ1) is 18.5. The summed E-state index contributed by atoms with van der Waals surface area (Å²) in [7, 11) is 0. The Morgan fingerprint density at radius 3 is 2.43 bits per heavy atom. The van der Waals surface area contributed by atoms with E-state index in [0.717, 1.165) is 37.3 Å². The number of fused-ring (bicyclic) bond motifs is 1. The van der Waals surface area contributed by atoms with Crippen LogP contribution in [0.15, 0.2) is 78.9 Å². The molecule has 4 heteroatoms. The van der Waals surface area contributed by atoms with Crippen LogP contribution in [0.25, 0.3) is 22.3 Å². The van der Waals surface area contributed by atoms with Crippen molar-refractivity contribution in [3.8, 4) is 28.0 Å². The second-order valence-electron chi connectivity index (χ2n) is 7.86. The maximum atomic E-state index is 9.90. The molecule has 30 heavy (non-hydrogen) atoms. The number of anilines is 1. The van der Waals surface area contributed by atoms with Gasteiger partial charge in [-0.15, -0.1) is 0 Å². The van der Waals surface area contributed by atoms with Gasteiger partial charge in [0.05, 0.1) is 5.69 Å². The SMILES string of the molecule is Cc1nn2c(c1-c1ccccc1-c1ccccc1)N(Cc1cccc(O)c1)CCC2. The van der Waals surface area contributed by atoms with E-state index in [-0.39, 0.29) is 0 Å². The van der Waals surface area contributed by atoms with E-state index in [1.54, 1.807) is 6.07 Å². The third-order valence-electron chi connectivity index (χ3n) is 5.76. The Morgan fingerprint density at radius 1 is 0.867 bits per heavy atom. The van der Waals surface area contributed by atoms with Gasteiger partial charge in [-0.25, -0.2) is 4.68 Å². The summed E-state index contributed by atoms with van der Waals surface area (Å²) in [6.07, 6.45) is 1.06. The van der Waals surface area contributed by atoms with Gasteiger partial charge in [0, 0.05) is 25.2 Å². The lowest BCUT2D eigenvalue weighted by molar-refractivity contribution is 0.473. The minimum Gasteiger partial charge on any atom is -0.508 e. The molecule has 0 saturated heterocycles. The first-order valence-corrected chi connectivity index (χ1v) is 10.5. The molecule has 1 N–H and O–H groups in total. The van der Waals surface area contributed by atoms with E-state index in [9.17, 15) is 5.11 Å². The van der Waals surface area contributed by atoms with Crippen LogP contribution in [-0.2, 0) is 13.1 Å². The minimum absolute atomic E-state index is 0.309. The van der Waals surface area contributed by atoms with Crippen molar-refractivity contribution >= 4 is 5.82 Å². The number of benzene rings is 3. The third-order valence-corrected chi connectivity index (χ3v) is 5.76. The summed E-state index contributed by atoms with van der Waals surface area (Å²) in [5.74, 6) is 1.48. The number of aromatic nitrogens is 2. The van der Waals surface area contributed by atoms with Gasteiger partial charge in [-0.3, -0.25) is 0 Å². The van der Waals surface area contributed by atoms with Crippen LogP contribution in [0.5, 0.6) is 5.75 Å². The topological polar surface area (TPSA) is 41.3 Å². The molecule has 1 aliphatic heterocycles. The largest absolute Gasteiger partial charge is 0.508 e. The van der Waals surface area contributed by atoms with Gasteiger partial charge in [-0.2, -0.15) is 5.10 Å².